The van der Waals surface area contributed by atoms with E-state index in [1.165, 1.54) is 18.2 Å². The monoisotopic (exact) mass is 710 g/mol. The molecule has 0 N–H and O–H groups in total. The lowest BCUT2D eigenvalue weighted by Crippen LogP contribution is -2.50. The van der Waals surface area contributed by atoms with Crippen molar-refractivity contribution in [3.05, 3.63) is 119 Å². The molecule has 1 aliphatic rings. The molecule has 7 nitrogen and oxygen atoms in total. The summed E-state index contributed by atoms with van der Waals surface area (Å²) < 4.78 is 91.4. The fraction of sp³-hybridized carbons (Fsp3) is 0.263. The van der Waals surface area contributed by atoms with Crippen LogP contribution in [0.2, 0.25) is 0 Å². The van der Waals surface area contributed by atoms with Crippen molar-refractivity contribution in [3.63, 3.8) is 0 Å². The zero-order valence-corrected chi connectivity index (χ0v) is 27.6. The number of amides is 2. The van der Waals surface area contributed by atoms with Crippen LogP contribution in [0.5, 0.6) is 11.5 Å². The molecule has 0 aromatic heterocycles. The van der Waals surface area contributed by atoms with Crippen LogP contribution in [0.25, 0.3) is 11.1 Å². The minimum Gasteiger partial charge on any atom is -0.457 e. The lowest BCUT2D eigenvalue weighted by atomic mass is 9.93. The van der Waals surface area contributed by atoms with Gasteiger partial charge < -0.3 is 9.47 Å². The Morgan fingerprint density at radius 3 is 1.96 bits per heavy atom. The van der Waals surface area contributed by atoms with Gasteiger partial charge in [0.2, 0.25) is 0 Å². The first kappa shape index (κ1) is 36.8. The Morgan fingerprint density at radius 1 is 0.784 bits per heavy atom. The number of rotatable bonds is 7. The van der Waals surface area contributed by atoms with Gasteiger partial charge in [0.15, 0.2) is 6.29 Å². The van der Waals surface area contributed by atoms with Gasteiger partial charge in [-0.3, -0.25) is 14.5 Å². The van der Waals surface area contributed by atoms with Crippen LogP contribution in [0.3, 0.4) is 0 Å². The van der Waals surface area contributed by atoms with Gasteiger partial charge in [0.05, 0.1) is 23.4 Å². The number of hydrogen-bond acceptors (Lipinski definition) is 5. The van der Waals surface area contributed by atoms with Crippen LogP contribution >= 0.6 is 0 Å². The minimum absolute atomic E-state index is 0.00425. The lowest BCUT2D eigenvalue weighted by Gasteiger charge is -2.36. The molecule has 0 bridgehead atoms. The fourth-order valence-corrected chi connectivity index (χ4v) is 5.46. The molecule has 5 rings (SSSR count). The van der Waals surface area contributed by atoms with Crippen molar-refractivity contribution in [1.82, 2.24) is 4.90 Å². The number of alkyl halides is 6. The van der Waals surface area contributed by atoms with E-state index in [4.69, 9.17) is 9.47 Å². The molecular formula is C38H32F6N2O5. The van der Waals surface area contributed by atoms with Crippen molar-refractivity contribution in [1.29, 1.82) is 0 Å². The molecule has 13 heteroatoms. The Bertz CT molecular complexity index is 1920. The average Bonchev–Trinajstić information content (AvgIpc) is 3.06. The van der Waals surface area contributed by atoms with Crippen LogP contribution in [0.1, 0.15) is 48.6 Å². The number of benzene rings is 4. The third-order valence-corrected chi connectivity index (χ3v) is 7.85. The number of carbonyl (C=O) groups is 3. The van der Waals surface area contributed by atoms with Gasteiger partial charge >= 0.3 is 18.4 Å². The summed E-state index contributed by atoms with van der Waals surface area (Å²) in [4.78, 5) is 44.2. The highest BCUT2D eigenvalue weighted by Gasteiger charge is 2.39. The highest BCUT2D eigenvalue weighted by atomic mass is 19.4. The molecule has 4 aromatic carbocycles. The Balaban J connectivity index is 1.41. The van der Waals surface area contributed by atoms with Crippen LogP contribution in [-0.2, 0) is 46.1 Å². The van der Waals surface area contributed by atoms with Crippen LogP contribution in [0.4, 0.5) is 31.1 Å². The standard InChI is InChI=1S/C38H32F6N2O5/c1-36(2,3)51-35(49)46-21-27-16-31(50-32-19-28(37(39,40)41)18-29(20-32)38(42,43)44)14-13-26(27)17-33(46)34(48)45-30(22-47)15-23-9-11-25(12-10-23)24-7-5-4-6-8-24/h4-14,16,18-20,22,33H,15,17,21H2,1-3H3. The molecule has 0 radical (unpaired) electrons. The predicted octanol–water partition coefficient (Wildman–Crippen LogP) is 9.25. The van der Waals surface area contributed by atoms with E-state index < -0.39 is 52.9 Å². The van der Waals surface area contributed by atoms with Crippen molar-refractivity contribution in [2.75, 3.05) is 0 Å². The van der Waals surface area contributed by atoms with Crippen LogP contribution in [0.15, 0.2) is 96.0 Å². The maximum absolute atomic E-state index is 13.6. The van der Waals surface area contributed by atoms with E-state index in [-0.39, 0.29) is 36.9 Å². The summed E-state index contributed by atoms with van der Waals surface area (Å²) in [7, 11) is 0. The number of halogens is 6. The van der Waals surface area contributed by atoms with E-state index in [0.717, 1.165) is 21.6 Å². The van der Waals surface area contributed by atoms with Crippen molar-refractivity contribution in [3.8, 4) is 22.6 Å². The Kier molecular flexibility index (Phi) is 10.4. The second kappa shape index (κ2) is 14.4. The molecule has 51 heavy (non-hydrogen) atoms. The molecule has 2 amide bonds. The number of aldehydes is 1. The smallest absolute Gasteiger partial charge is 0.416 e. The number of nitrogens with zero attached hydrogens (tertiary/aromatic N) is 2. The summed E-state index contributed by atoms with van der Waals surface area (Å²) in [5, 5.41) is 0. The molecule has 266 valence electrons. The quantitative estimate of drug-likeness (QED) is 0.109. The first-order valence-corrected chi connectivity index (χ1v) is 15.7. The first-order valence-electron chi connectivity index (χ1n) is 15.7. The van der Waals surface area contributed by atoms with Gasteiger partial charge in [-0.05, 0) is 78.9 Å². The summed E-state index contributed by atoms with van der Waals surface area (Å²) in [5.41, 5.74) is -0.463. The number of ether oxygens (including phenoxy) is 2. The minimum atomic E-state index is -5.07. The van der Waals surface area contributed by atoms with Crippen molar-refractivity contribution in [2.24, 2.45) is 4.99 Å². The van der Waals surface area contributed by atoms with Gasteiger partial charge in [0.25, 0.3) is 5.91 Å². The van der Waals surface area contributed by atoms with Gasteiger partial charge in [-0.2, -0.15) is 26.3 Å². The maximum atomic E-state index is 13.6. The normalized spacial score (nSPS) is 15.2. The van der Waals surface area contributed by atoms with Crippen molar-refractivity contribution < 1.29 is 50.2 Å². The molecule has 4 aromatic rings. The molecule has 0 aliphatic carbocycles. The lowest BCUT2D eigenvalue weighted by molar-refractivity contribution is -0.143. The maximum Gasteiger partial charge on any atom is 0.416 e. The predicted molar refractivity (Wildman–Crippen MR) is 176 cm³/mol. The molecule has 1 unspecified atom stereocenters. The van der Waals surface area contributed by atoms with Gasteiger partial charge in [0.1, 0.15) is 23.1 Å². The van der Waals surface area contributed by atoms with E-state index >= 15 is 0 Å². The van der Waals surface area contributed by atoms with E-state index in [1.54, 1.807) is 20.8 Å². The van der Waals surface area contributed by atoms with Gasteiger partial charge in [-0.1, -0.05) is 60.7 Å². The summed E-state index contributed by atoms with van der Waals surface area (Å²) >= 11 is 0. The SMILES string of the molecule is CC(C)(C)OC(=O)N1Cc2cc(Oc3cc(C(F)(F)F)cc(C(F)(F)F)c3)ccc2CC1C(=O)N=C(C=O)Cc1ccc(-c2ccccc2)cc1. The number of carbonyl (C=O) groups excluding carboxylic acids is 3. The summed E-state index contributed by atoms with van der Waals surface area (Å²) in [6.07, 6.45) is -10.6. The molecule has 1 aliphatic heterocycles. The molecule has 1 atom stereocenters. The molecule has 0 saturated carbocycles. The van der Waals surface area contributed by atoms with Gasteiger partial charge in [0, 0.05) is 12.8 Å². The third-order valence-electron chi connectivity index (χ3n) is 7.85. The Morgan fingerprint density at radius 2 is 1.39 bits per heavy atom. The second-order valence-corrected chi connectivity index (χ2v) is 12.9. The number of hydrogen-bond donors (Lipinski definition) is 0. The summed E-state index contributed by atoms with van der Waals surface area (Å²) in [5.74, 6) is -1.58. The van der Waals surface area contributed by atoms with Gasteiger partial charge in [-0.15, -0.1) is 0 Å². The molecule has 0 fully saturated rings. The van der Waals surface area contributed by atoms with E-state index in [0.29, 0.717) is 29.5 Å². The summed E-state index contributed by atoms with van der Waals surface area (Å²) in [6.45, 7) is 4.64. The van der Waals surface area contributed by atoms with E-state index in [1.807, 2.05) is 54.6 Å². The van der Waals surface area contributed by atoms with E-state index in [2.05, 4.69) is 4.99 Å². The Hall–Kier alpha value is -5.46. The molecule has 1 heterocycles. The molecule has 0 spiro atoms. The first-order chi connectivity index (χ1) is 23.9. The molecular weight excluding hydrogens is 678 g/mol. The van der Waals surface area contributed by atoms with Crippen LogP contribution in [0, 0.1) is 0 Å². The van der Waals surface area contributed by atoms with Gasteiger partial charge in [-0.25, -0.2) is 9.79 Å². The zero-order chi connectivity index (χ0) is 37.1. The topological polar surface area (TPSA) is 85.3 Å². The molecule has 0 saturated heterocycles. The third kappa shape index (κ3) is 9.41. The number of fused-ring (bicyclic) bond motifs is 1. The zero-order valence-electron chi connectivity index (χ0n) is 27.6. The largest absolute Gasteiger partial charge is 0.457 e. The van der Waals surface area contributed by atoms with Crippen LogP contribution < -0.4 is 4.74 Å². The highest BCUT2D eigenvalue weighted by Crippen LogP contribution is 2.40. The number of aliphatic imine (C=N–C) groups is 1. The Labute approximate surface area is 289 Å². The fourth-order valence-electron chi connectivity index (χ4n) is 5.46. The second-order valence-electron chi connectivity index (χ2n) is 12.9. The van der Waals surface area contributed by atoms with Crippen molar-refractivity contribution in [2.45, 2.75) is 64.2 Å². The van der Waals surface area contributed by atoms with E-state index in [9.17, 15) is 40.7 Å². The highest BCUT2D eigenvalue weighted by molar-refractivity contribution is 6.31. The summed E-state index contributed by atoms with van der Waals surface area (Å²) in [6, 6.07) is 21.0. The van der Waals surface area contributed by atoms with Crippen LogP contribution in [-0.4, -0.2) is 40.5 Å². The van der Waals surface area contributed by atoms with Crippen molar-refractivity contribution >= 4 is 24.0 Å². The average molecular weight is 711 g/mol.